The number of pyridine rings is 1. The molecule has 1 heterocycles. The molecule has 0 aliphatic heterocycles. The number of halogens is 1. The number of hydrogen-bond donors (Lipinski definition) is 2. The van der Waals surface area contributed by atoms with Crippen molar-refractivity contribution in [1.82, 2.24) is 4.98 Å². The number of carbonyl (C=O) groups is 1. The summed E-state index contributed by atoms with van der Waals surface area (Å²) < 4.78 is 0.963. The Hall–Kier alpha value is -1.88. The molecule has 0 aliphatic rings. The van der Waals surface area contributed by atoms with Gasteiger partial charge in [0.25, 0.3) is 0 Å². The first-order chi connectivity index (χ1) is 9.54. The van der Waals surface area contributed by atoms with E-state index in [1.165, 1.54) is 6.92 Å². The average Bonchev–Trinajstić information content (AvgIpc) is 2.41. The second kappa shape index (κ2) is 6.52. The summed E-state index contributed by atoms with van der Waals surface area (Å²) in [6, 6.07) is 9.81. The van der Waals surface area contributed by atoms with Crippen molar-refractivity contribution in [3.8, 4) is 0 Å². The van der Waals surface area contributed by atoms with Gasteiger partial charge in [-0.25, -0.2) is 0 Å². The van der Waals surface area contributed by atoms with Crippen LogP contribution in [-0.4, -0.2) is 10.9 Å². The molecule has 0 radical (unpaired) electrons. The maximum Gasteiger partial charge on any atom is 0.221 e. The monoisotopic (exact) mass is 333 g/mol. The lowest BCUT2D eigenvalue weighted by molar-refractivity contribution is -0.114. The van der Waals surface area contributed by atoms with Crippen LogP contribution in [0.15, 0.2) is 41.0 Å². The topological polar surface area (TPSA) is 54.0 Å². The molecule has 104 valence electrons. The normalized spacial score (nSPS) is 10.2. The number of nitrogens with one attached hydrogen (secondary N) is 2. The number of nitrogens with zero attached hydrogens (tertiary/aromatic N) is 1. The molecule has 20 heavy (non-hydrogen) atoms. The number of carbonyl (C=O) groups excluding carboxylic acids is 1. The Morgan fingerprint density at radius 3 is 2.75 bits per heavy atom. The molecule has 0 bridgehead atoms. The maximum absolute atomic E-state index is 11.1. The fourth-order valence-electron chi connectivity index (χ4n) is 1.76. The van der Waals surface area contributed by atoms with E-state index in [9.17, 15) is 4.79 Å². The van der Waals surface area contributed by atoms with Crippen molar-refractivity contribution in [1.29, 1.82) is 0 Å². The maximum atomic E-state index is 11.1. The first-order valence-electron chi connectivity index (χ1n) is 6.27. The van der Waals surface area contributed by atoms with Gasteiger partial charge in [0.05, 0.1) is 12.2 Å². The molecule has 4 nitrogen and oxygen atoms in total. The van der Waals surface area contributed by atoms with E-state index in [4.69, 9.17) is 0 Å². The van der Waals surface area contributed by atoms with Crippen LogP contribution in [0.25, 0.3) is 0 Å². The number of benzene rings is 1. The predicted octanol–water partition coefficient (Wildman–Crippen LogP) is 3.72. The van der Waals surface area contributed by atoms with Crippen LogP contribution in [0.4, 0.5) is 11.4 Å². The third kappa shape index (κ3) is 4.06. The number of rotatable bonds is 4. The molecule has 1 amide bonds. The van der Waals surface area contributed by atoms with Crippen molar-refractivity contribution in [2.75, 3.05) is 10.6 Å². The van der Waals surface area contributed by atoms with Gasteiger partial charge in [0, 0.05) is 29.0 Å². The zero-order valence-electron chi connectivity index (χ0n) is 11.4. The van der Waals surface area contributed by atoms with Crippen LogP contribution in [0, 0.1) is 6.92 Å². The minimum absolute atomic E-state index is 0.0696. The molecule has 0 saturated carbocycles. The van der Waals surface area contributed by atoms with Crippen LogP contribution >= 0.6 is 15.9 Å². The van der Waals surface area contributed by atoms with Crippen LogP contribution in [0.2, 0.25) is 0 Å². The zero-order chi connectivity index (χ0) is 14.5. The Morgan fingerprint density at radius 1 is 1.30 bits per heavy atom. The van der Waals surface area contributed by atoms with E-state index in [-0.39, 0.29) is 5.91 Å². The zero-order valence-corrected chi connectivity index (χ0v) is 13.0. The van der Waals surface area contributed by atoms with E-state index in [0.29, 0.717) is 6.54 Å². The van der Waals surface area contributed by atoms with Crippen molar-refractivity contribution >= 4 is 33.2 Å². The van der Waals surface area contributed by atoms with Gasteiger partial charge in [0.2, 0.25) is 5.91 Å². The van der Waals surface area contributed by atoms with Gasteiger partial charge in [-0.15, -0.1) is 0 Å². The summed E-state index contributed by atoms with van der Waals surface area (Å²) in [5.74, 6) is -0.0696. The molecule has 1 aromatic heterocycles. The lowest BCUT2D eigenvalue weighted by Crippen LogP contribution is -2.08. The molecule has 0 aliphatic carbocycles. The fraction of sp³-hybridized carbons (Fsp3) is 0.200. The van der Waals surface area contributed by atoms with Gasteiger partial charge < -0.3 is 10.6 Å². The number of amides is 1. The highest BCUT2D eigenvalue weighted by Crippen LogP contribution is 2.20. The summed E-state index contributed by atoms with van der Waals surface area (Å²) >= 11 is 3.36. The number of aromatic nitrogens is 1. The van der Waals surface area contributed by atoms with Gasteiger partial charge in [-0.05, 0) is 52.7 Å². The molecule has 5 heteroatoms. The summed E-state index contributed by atoms with van der Waals surface area (Å²) in [6.07, 6.45) is 1.77. The van der Waals surface area contributed by atoms with E-state index in [1.807, 2.05) is 37.3 Å². The van der Waals surface area contributed by atoms with Gasteiger partial charge in [0.1, 0.15) is 0 Å². The van der Waals surface area contributed by atoms with E-state index < -0.39 is 0 Å². The lowest BCUT2D eigenvalue weighted by Gasteiger charge is -2.11. The lowest BCUT2D eigenvalue weighted by atomic mass is 10.1. The summed E-state index contributed by atoms with van der Waals surface area (Å²) in [6.45, 7) is 4.10. The highest BCUT2D eigenvalue weighted by molar-refractivity contribution is 9.10. The largest absolute Gasteiger partial charge is 0.379 e. The smallest absolute Gasteiger partial charge is 0.221 e. The fourth-order valence-corrected chi connectivity index (χ4v) is 1.99. The molecule has 0 unspecified atom stereocenters. The Morgan fingerprint density at radius 2 is 2.10 bits per heavy atom. The molecular formula is C15H16BrN3O. The number of aryl methyl sites for hydroxylation is 1. The molecule has 0 atom stereocenters. The van der Waals surface area contributed by atoms with Crippen LogP contribution in [0.1, 0.15) is 18.2 Å². The minimum atomic E-state index is -0.0696. The SMILES string of the molecule is CC(=O)Nc1cc(NCc2ccc(Br)cn2)ccc1C. The second-order valence-corrected chi connectivity index (χ2v) is 5.45. The Balaban J connectivity index is 2.06. The Labute approximate surface area is 126 Å². The van der Waals surface area contributed by atoms with Gasteiger partial charge in [0.15, 0.2) is 0 Å². The van der Waals surface area contributed by atoms with Crippen molar-refractivity contribution in [3.05, 3.63) is 52.3 Å². The quantitative estimate of drug-likeness (QED) is 0.896. The number of anilines is 2. The van der Waals surface area contributed by atoms with Crippen molar-refractivity contribution < 1.29 is 4.79 Å². The van der Waals surface area contributed by atoms with E-state index >= 15 is 0 Å². The molecule has 2 N–H and O–H groups in total. The molecule has 1 aromatic carbocycles. The van der Waals surface area contributed by atoms with E-state index in [0.717, 1.165) is 27.1 Å². The van der Waals surface area contributed by atoms with Gasteiger partial charge in [-0.3, -0.25) is 9.78 Å². The Kier molecular flexibility index (Phi) is 4.74. The van der Waals surface area contributed by atoms with Crippen LogP contribution in [0.5, 0.6) is 0 Å². The molecule has 0 fully saturated rings. The van der Waals surface area contributed by atoms with Gasteiger partial charge in [-0.2, -0.15) is 0 Å². The third-order valence-corrected chi connectivity index (χ3v) is 3.28. The third-order valence-electron chi connectivity index (χ3n) is 2.81. The average molecular weight is 334 g/mol. The summed E-state index contributed by atoms with van der Waals surface area (Å²) in [4.78, 5) is 15.4. The second-order valence-electron chi connectivity index (χ2n) is 4.53. The first-order valence-corrected chi connectivity index (χ1v) is 7.06. The number of hydrogen-bond acceptors (Lipinski definition) is 3. The minimum Gasteiger partial charge on any atom is -0.379 e. The molecule has 0 spiro atoms. The highest BCUT2D eigenvalue weighted by Gasteiger charge is 2.02. The molecule has 2 rings (SSSR count). The summed E-state index contributed by atoms with van der Waals surface area (Å²) in [5, 5.41) is 6.11. The Bertz CT molecular complexity index is 611. The van der Waals surface area contributed by atoms with Crippen molar-refractivity contribution in [2.45, 2.75) is 20.4 Å². The molecular weight excluding hydrogens is 318 g/mol. The molecule has 2 aromatic rings. The summed E-state index contributed by atoms with van der Waals surface area (Å²) in [5.41, 5.74) is 3.76. The predicted molar refractivity (Wildman–Crippen MR) is 84.7 cm³/mol. The van der Waals surface area contributed by atoms with Crippen molar-refractivity contribution in [2.24, 2.45) is 0 Å². The van der Waals surface area contributed by atoms with E-state index in [1.54, 1.807) is 6.20 Å². The highest BCUT2D eigenvalue weighted by atomic mass is 79.9. The van der Waals surface area contributed by atoms with Gasteiger partial charge >= 0.3 is 0 Å². The first kappa shape index (κ1) is 14.5. The van der Waals surface area contributed by atoms with Crippen LogP contribution in [0.3, 0.4) is 0 Å². The summed E-state index contributed by atoms with van der Waals surface area (Å²) in [7, 11) is 0. The van der Waals surface area contributed by atoms with Crippen LogP contribution in [-0.2, 0) is 11.3 Å². The van der Waals surface area contributed by atoms with Gasteiger partial charge in [-0.1, -0.05) is 6.07 Å². The van der Waals surface area contributed by atoms with E-state index in [2.05, 4.69) is 31.5 Å². The molecule has 0 saturated heterocycles. The standard InChI is InChI=1S/C15H16BrN3O/c1-10-3-5-13(7-15(10)19-11(2)20)18-9-14-6-4-12(16)8-17-14/h3-8,18H,9H2,1-2H3,(H,19,20). The van der Waals surface area contributed by atoms with Crippen LogP contribution < -0.4 is 10.6 Å². The van der Waals surface area contributed by atoms with Crippen molar-refractivity contribution in [3.63, 3.8) is 0 Å².